The molecule has 0 amide bonds. The van der Waals surface area contributed by atoms with Crippen LogP contribution in [0, 0.1) is 18.9 Å². The van der Waals surface area contributed by atoms with Crippen molar-refractivity contribution in [3.8, 4) is 0 Å². The van der Waals surface area contributed by atoms with Crippen molar-refractivity contribution in [2.45, 2.75) is 39.2 Å². The van der Waals surface area contributed by atoms with E-state index in [0.717, 1.165) is 0 Å². The van der Waals surface area contributed by atoms with E-state index >= 15 is 0 Å². The van der Waals surface area contributed by atoms with Crippen LogP contribution in [0.25, 0.3) is 0 Å². The topological polar surface area (TPSA) is 9.23 Å². The lowest BCUT2D eigenvalue weighted by atomic mass is 9.81. The summed E-state index contributed by atoms with van der Waals surface area (Å²) in [6.45, 7) is 4.51. The summed E-state index contributed by atoms with van der Waals surface area (Å²) in [5.74, 6) is 1.42. The highest BCUT2D eigenvalue weighted by Crippen LogP contribution is 2.30. The molecule has 0 aromatic rings. The number of rotatable bonds is 1. The van der Waals surface area contributed by atoms with Gasteiger partial charge in [-0.1, -0.05) is 20.3 Å². The Bertz CT molecular complexity index is 90.9. The van der Waals surface area contributed by atoms with Gasteiger partial charge in [0.1, 0.15) is 0 Å². The summed E-state index contributed by atoms with van der Waals surface area (Å²) >= 11 is 0. The fraction of sp³-hybridized carbons (Fsp3) is 0.889. The fourth-order valence-electron chi connectivity index (χ4n) is 1.98. The molecule has 0 aromatic heterocycles. The zero-order valence-corrected chi connectivity index (χ0v) is 6.97. The van der Waals surface area contributed by atoms with Crippen molar-refractivity contribution in [1.29, 1.82) is 0 Å². The molecular formula is C9H17O. The number of ether oxygens (including phenoxy) is 1. The van der Waals surface area contributed by atoms with Crippen molar-refractivity contribution in [3.05, 3.63) is 7.11 Å². The summed E-state index contributed by atoms with van der Waals surface area (Å²) in [6.07, 6.45) is 4.39. The van der Waals surface area contributed by atoms with E-state index in [9.17, 15) is 0 Å². The third-order valence-corrected chi connectivity index (χ3v) is 2.63. The van der Waals surface area contributed by atoms with Gasteiger partial charge in [-0.15, -0.1) is 0 Å². The van der Waals surface area contributed by atoms with Crippen LogP contribution in [0.4, 0.5) is 0 Å². The predicted octanol–water partition coefficient (Wildman–Crippen LogP) is 2.62. The highest BCUT2D eigenvalue weighted by molar-refractivity contribution is 4.77. The molecule has 59 valence electrons. The third-order valence-electron chi connectivity index (χ3n) is 2.63. The minimum Gasteiger partial charge on any atom is -0.375 e. The van der Waals surface area contributed by atoms with E-state index in [1.54, 1.807) is 0 Å². The van der Waals surface area contributed by atoms with E-state index < -0.39 is 0 Å². The first-order chi connectivity index (χ1) is 4.75. The molecule has 1 nitrogen and oxygen atoms in total. The van der Waals surface area contributed by atoms with Gasteiger partial charge in [0, 0.05) is 0 Å². The van der Waals surface area contributed by atoms with Gasteiger partial charge in [-0.2, -0.15) is 0 Å². The molecule has 1 heteroatoms. The molecule has 0 aliphatic heterocycles. The predicted molar refractivity (Wildman–Crippen MR) is 42.4 cm³/mol. The molecule has 1 fully saturated rings. The van der Waals surface area contributed by atoms with E-state index in [4.69, 9.17) is 4.74 Å². The maximum Gasteiger partial charge on any atom is 0.0704 e. The summed E-state index contributed by atoms with van der Waals surface area (Å²) in [5.41, 5.74) is 0. The molecule has 1 aliphatic rings. The molecular weight excluding hydrogens is 124 g/mol. The Kier molecular flexibility index (Phi) is 2.72. The maximum atomic E-state index is 5.17. The van der Waals surface area contributed by atoms with Crippen LogP contribution in [0.3, 0.4) is 0 Å². The van der Waals surface area contributed by atoms with Gasteiger partial charge in [-0.05, 0) is 24.7 Å². The highest BCUT2D eigenvalue weighted by Gasteiger charge is 2.26. The average molecular weight is 141 g/mol. The van der Waals surface area contributed by atoms with E-state index in [0.29, 0.717) is 17.9 Å². The average Bonchev–Trinajstić information content (AvgIpc) is 1.88. The standard InChI is InChI=1S/C9H17O/c1-7-5-4-6-8(2)9(7)10-3/h7-9H,3-6H2,1-2H3. The summed E-state index contributed by atoms with van der Waals surface area (Å²) in [7, 11) is 3.51. The summed E-state index contributed by atoms with van der Waals surface area (Å²) in [5, 5.41) is 0. The molecule has 0 saturated heterocycles. The highest BCUT2D eigenvalue weighted by atomic mass is 16.5. The van der Waals surface area contributed by atoms with Gasteiger partial charge in [0.05, 0.1) is 13.2 Å². The first kappa shape index (κ1) is 8.06. The smallest absolute Gasteiger partial charge is 0.0704 e. The SMILES string of the molecule is [CH2]OC1C(C)CCCC1C. The molecule has 0 N–H and O–H groups in total. The van der Waals surface area contributed by atoms with Gasteiger partial charge >= 0.3 is 0 Å². The van der Waals surface area contributed by atoms with Gasteiger partial charge in [0.15, 0.2) is 0 Å². The van der Waals surface area contributed by atoms with Crippen molar-refractivity contribution < 1.29 is 4.74 Å². The molecule has 1 rings (SSSR count). The Morgan fingerprint density at radius 3 is 2.00 bits per heavy atom. The van der Waals surface area contributed by atoms with Gasteiger partial charge < -0.3 is 4.74 Å². The van der Waals surface area contributed by atoms with Gasteiger partial charge in [0.2, 0.25) is 0 Å². The van der Waals surface area contributed by atoms with Crippen molar-refractivity contribution in [2.75, 3.05) is 0 Å². The second-order valence-corrected chi connectivity index (χ2v) is 3.52. The minimum absolute atomic E-state index is 0.411. The minimum atomic E-state index is 0.411. The van der Waals surface area contributed by atoms with Crippen LogP contribution in [0.5, 0.6) is 0 Å². The van der Waals surface area contributed by atoms with Crippen LogP contribution >= 0.6 is 0 Å². The molecule has 10 heavy (non-hydrogen) atoms. The largest absolute Gasteiger partial charge is 0.375 e. The van der Waals surface area contributed by atoms with E-state index in [1.807, 2.05) is 0 Å². The van der Waals surface area contributed by atoms with Crippen LogP contribution < -0.4 is 0 Å². The van der Waals surface area contributed by atoms with Gasteiger partial charge in [-0.25, -0.2) is 0 Å². The molecule has 2 unspecified atom stereocenters. The molecule has 0 spiro atoms. The lowest BCUT2D eigenvalue weighted by molar-refractivity contribution is 0.0148. The summed E-state index contributed by atoms with van der Waals surface area (Å²) in [4.78, 5) is 0. The molecule has 2 atom stereocenters. The molecule has 0 heterocycles. The van der Waals surface area contributed by atoms with Crippen LogP contribution in [0.15, 0.2) is 0 Å². The lowest BCUT2D eigenvalue weighted by Crippen LogP contribution is -2.31. The fourth-order valence-corrected chi connectivity index (χ4v) is 1.98. The molecule has 0 bridgehead atoms. The van der Waals surface area contributed by atoms with E-state index in [-0.39, 0.29) is 0 Å². The maximum absolute atomic E-state index is 5.17. The quantitative estimate of drug-likeness (QED) is 0.545. The van der Waals surface area contributed by atoms with Crippen molar-refractivity contribution in [3.63, 3.8) is 0 Å². The second kappa shape index (κ2) is 3.38. The Morgan fingerprint density at radius 2 is 1.70 bits per heavy atom. The Hall–Kier alpha value is -0.0400. The van der Waals surface area contributed by atoms with Gasteiger partial charge in [0.25, 0.3) is 0 Å². The molecule has 1 saturated carbocycles. The lowest BCUT2D eigenvalue weighted by Gasteiger charge is -2.32. The van der Waals surface area contributed by atoms with Crippen LogP contribution in [0.2, 0.25) is 0 Å². The Balaban J connectivity index is 2.45. The van der Waals surface area contributed by atoms with E-state index in [1.165, 1.54) is 19.3 Å². The van der Waals surface area contributed by atoms with Crippen LogP contribution in [-0.4, -0.2) is 6.10 Å². The van der Waals surface area contributed by atoms with Crippen LogP contribution in [-0.2, 0) is 4.74 Å². The first-order valence-electron chi connectivity index (χ1n) is 4.16. The van der Waals surface area contributed by atoms with Crippen molar-refractivity contribution in [2.24, 2.45) is 11.8 Å². The van der Waals surface area contributed by atoms with Crippen molar-refractivity contribution in [1.82, 2.24) is 0 Å². The van der Waals surface area contributed by atoms with Gasteiger partial charge in [-0.3, -0.25) is 0 Å². The second-order valence-electron chi connectivity index (χ2n) is 3.52. The normalized spacial score (nSPS) is 41.7. The molecule has 0 aromatic carbocycles. The zero-order valence-electron chi connectivity index (χ0n) is 6.97. The Morgan fingerprint density at radius 1 is 1.20 bits per heavy atom. The third kappa shape index (κ3) is 1.51. The number of hydrogen-bond acceptors (Lipinski definition) is 1. The monoisotopic (exact) mass is 141 g/mol. The van der Waals surface area contributed by atoms with Crippen molar-refractivity contribution >= 4 is 0 Å². The first-order valence-corrected chi connectivity index (χ1v) is 4.16. The van der Waals surface area contributed by atoms with Crippen LogP contribution in [0.1, 0.15) is 33.1 Å². The van der Waals surface area contributed by atoms with E-state index in [2.05, 4.69) is 21.0 Å². The Labute approximate surface area is 63.8 Å². The molecule has 1 radical (unpaired) electrons. The molecule has 1 aliphatic carbocycles. The summed E-state index contributed by atoms with van der Waals surface area (Å²) in [6, 6.07) is 0. The number of hydrogen-bond donors (Lipinski definition) is 0. The summed E-state index contributed by atoms with van der Waals surface area (Å²) < 4.78 is 5.17. The zero-order chi connectivity index (χ0) is 7.56.